The van der Waals surface area contributed by atoms with Crippen LogP contribution in [0, 0.1) is 0 Å². The number of hydrogen-bond acceptors (Lipinski definition) is 0. The lowest BCUT2D eigenvalue weighted by Gasteiger charge is -2.07. The molecule has 0 aliphatic heterocycles. The van der Waals surface area contributed by atoms with Crippen LogP contribution in [-0.2, 0) is 13.0 Å². The fourth-order valence-electron chi connectivity index (χ4n) is 2.58. The lowest BCUT2D eigenvalue weighted by atomic mass is 10.1. The maximum atomic E-state index is 2.42. The van der Waals surface area contributed by atoms with Crippen LogP contribution in [0.2, 0.25) is 0 Å². The lowest BCUT2D eigenvalue weighted by Crippen LogP contribution is -2.00. The number of hydrogen-bond donors (Lipinski definition) is 0. The minimum atomic E-state index is 0. The van der Waals surface area contributed by atoms with Crippen molar-refractivity contribution in [3.05, 3.63) is 24.0 Å². The Morgan fingerprint density at radius 2 is 1.42 bits per heavy atom. The van der Waals surface area contributed by atoms with Crippen LogP contribution in [0.15, 0.2) is 18.3 Å². The number of nitrogens with zero attached hydrogens (tertiary/aromatic N) is 1. The Kier molecular flexibility index (Phi) is 12.3. The molecule has 1 heterocycles. The van der Waals surface area contributed by atoms with Crippen LogP contribution in [0.4, 0.5) is 0 Å². The highest BCUT2D eigenvalue weighted by molar-refractivity contribution is 5.85. The highest BCUT2D eigenvalue weighted by Crippen LogP contribution is 2.11. The first-order valence-electron chi connectivity index (χ1n) is 8.02. The maximum absolute atomic E-state index is 2.42. The molecule has 1 nitrogen and oxygen atoms in total. The normalized spacial score (nSPS) is 10.4. The van der Waals surface area contributed by atoms with Crippen LogP contribution >= 0.6 is 12.4 Å². The minimum Gasteiger partial charge on any atom is -0.351 e. The fourth-order valence-corrected chi connectivity index (χ4v) is 2.58. The van der Waals surface area contributed by atoms with Crippen molar-refractivity contribution in [3.63, 3.8) is 0 Å². The predicted octanol–water partition coefficient (Wildman–Crippen LogP) is 6.00. The molecule has 0 spiro atoms. The summed E-state index contributed by atoms with van der Waals surface area (Å²) >= 11 is 0. The van der Waals surface area contributed by atoms with Gasteiger partial charge in [0.15, 0.2) is 0 Å². The van der Waals surface area contributed by atoms with E-state index in [0.29, 0.717) is 0 Å². The first-order valence-corrected chi connectivity index (χ1v) is 8.02. The van der Waals surface area contributed by atoms with E-state index in [1.807, 2.05) is 0 Å². The Labute approximate surface area is 126 Å². The van der Waals surface area contributed by atoms with Gasteiger partial charge in [-0.1, -0.05) is 65.2 Å². The molecule has 0 saturated carbocycles. The smallest absolute Gasteiger partial charge is 0.0222 e. The molecule has 1 aromatic heterocycles. The van der Waals surface area contributed by atoms with Gasteiger partial charge in [-0.05, 0) is 25.0 Å². The first kappa shape index (κ1) is 18.6. The van der Waals surface area contributed by atoms with Gasteiger partial charge >= 0.3 is 0 Å². The molecule has 0 unspecified atom stereocenters. The van der Waals surface area contributed by atoms with Gasteiger partial charge in [0.25, 0.3) is 0 Å². The monoisotopic (exact) mass is 285 g/mol. The summed E-state index contributed by atoms with van der Waals surface area (Å²) in [5.74, 6) is 0. The summed E-state index contributed by atoms with van der Waals surface area (Å²) in [6.45, 7) is 5.74. The molecule has 0 N–H and O–H groups in total. The minimum absolute atomic E-state index is 0. The van der Waals surface area contributed by atoms with Crippen LogP contribution in [0.3, 0.4) is 0 Å². The molecule has 0 amide bonds. The van der Waals surface area contributed by atoms with Gasteiger partial charge in [-0.25, -0.2) is 0 Å². The van der Waals surface area contributed by atoms with Crippen LogP contribution in [0.5, 0.6) is 0 Å². The van der Waals surface area contributed by atoms with Gasteiger partial charge in [0.2, 0.25) is 0 Å². The van der Waals surface area contributed by atoms with Gasteiger partial charge < -0.3 is 4.57 Å². The third kappa shape index (κ3) is 8.36. The summed E-state index contributed by atoms with van der Waals surface area (Å²) in [6, 6.07) is 4.42. The summed E-state index contributed by atoms with van der Waals surface area (Å²) in [5.41, 5.74) is 1.48. The van der Waals surface area contributed by atoms with E-state index in [0.717, 1.165) is 6.42 Å². The quantitative estimate of drug-likeness (QED) is 0.439. The molecular weight excluding hydrogens is 254 g/mol. The molecule has 1 rings (SSSR count). The molecule has 0 aliphatic rings. The maximum Gasteiger partial charge on any atom is 0.0222 e. The van der Waals surface area contributed by atoms with Gasteiger partial charge in [-0.3, -0.25) is 0 Å². The average Bonchev–Trinajstić information content (AvgIpc) is 2.84. The van der Waals surface area contributed by atoms with Gasteiger partial charge in [0.05, 0.1) is 0 Å². The Balaban J connectivity index is 0.00000324. The van der Waals surface area contributed by atoms with Crippen LogP contribution < -0.4 is 0 Å². The van der Waals surface area contributed by atoms with E-state index in [2.05, 4.69) is 36.7 Å². The number of aryl methyl sites for hydroxylation is 2. The molecule has 0 bridgehead atoms. The molecule has 0 aliphatic carbocycles. The zero-order valence-corrected chi connectivity index (χ0v) is 13.7. The van der Waals surface area contributed by atoms with Gasteiger partial charge in [0, 0.05) is 18.4 Å². The molecule has 0 aromatic carbocycles. The van der Waals surface area contributed by atoms with Crippen molar-refractivity contribution >= 4 is 12.4 Å². The first-order chi connectivity index (χ1) is 8.88. The van der Waals surface area contributed by atoms with E-state index in [1.54, 1.807) is 0 Å². The van der Waals surface area contributed by atoms with E-state index in [-0.39, 0.29) is 12.4 Å². The Hall–Kier alpha value is -0.430. The molecular formula is C17H32ClN. The van der Waals surface area contributed by atoms with Crippen molar-refractivity contribution in [2.75, 3.05) is 0 Å². The summed E-state index contributed by atoms with van der Waals surface area (Å²) in [7, 11) is 0. The Bertz CT molecular complexity index is 293. The molecule has 0 radical (unpaired) electrons. The topological polar surface area (TPSA) is 4.93 Å². The summed E-state index contributed by atoms with van der Waals surface area (Å²) in [4.78, 5) is 0. The Morgan fingerprint density at radius 3 is 2.00 bits per heavy atom. The zero-order valence-electron chi connectivity index (χ0n) is 12.9. The predicted molar refractivity (Wildman–Crippen MR) is 88.3 cm³/mol. The highest BCUT2D eigenvalue weighted by atomic mass is 35.5. The number of unbranched alkanes of at least 4 members (excludes halogenated alkanes) is 8. The van der Waals surface area contributed by atoms with Crippen molar-refractivity contribution in [1.29, 1.82) is 0 Å². The average molecular weight is 286 g/mol. The third-order valence-corrected chi connectivity index (χ3v) is 3.79. The van der Waals surface area contributed by atoms with Gasteiger partial charge in [0.1, 0.15) is 0 Å². The van der Waals surface area contributed by atoms with E-state index in [9.17, 15) is 0 Å². The molecule has 0 saturated heterocycles. The van der Waals surface area contributed by atoms with E-state index in [1.165, 1.54) is 70.0 Å². The van der Waals surface area contributed by atoms with Crippen molar-refractivity contribution in [1.82, 2.24) is 4.57 Å². The van der Waals surface area contributed by atoms with Crippen molar-refractivity contribution in [2.24, 2.45) is 0 Å². The second-order valence-electron chi connectivity index (χ2n) is 5.37. The number of halogens is 1. The lowest BCUT2D eigenvalue weighted by molar-refractivity contribution is 0.534. The van der Waals surface area contributed by atoms with E-state index in [4.69, 9.17) is 0 Å². The van der Waals surface area contributed by atoms with Crippen molar-refractivity contribution in [3.8, 4) is 0 Å². The van der Waals surface area contributed by atoms with E-state index >= 15 is 0 Å². The summed E-state index contributed by atoms with van der Waals surface area (Å²) in [6.07, 6.45) is 16.1. The van der Waals surface area contributed by atoms with Crippen LogP contribution in [-0.4, -0.2) is 4.57 Å². The Morgan fingerprint density at radius 1 is 0.842 bits per heavy atom. The third-order valence-electron chi connectivity index (χ3n) is 3.79. The molecule has 1 aromatic rings. The van der Waals surface area contributed by atoms with E-state index < -0.39 is 0 Å². The van der Waals surface area contributed by atoms with Crippen LogP contribution in [0.1, 0.15) is 77.3 Å². The van der Waals surface area contributed by atoms with Crippen molar-refractivity contribution in [2.45, 2.75) is 84.6 Å². The molecule has 19 heavy (non-hydrogen) atoms. The molecule has 112 valence electrons. The number of rotatable bonds is 11. The second-order valence-corrected chi connectivity index (χ2v) is 5.37. The standard InChI is InChI=1S/C17H31N.ClH/c1-3-5-6-7-8-9-10-11-12-15-18-16-13-14-17(18)4-2;/h13-14,16H,3-12,15H2,1-2H3;1H. The summed E-state index contributed by atoms with van der Waals surface area (Å²) < 4.78 is 2.42. The molecule has 2 heteroatoms. The van der Waals surface area contributed by atoms with Gasteiger partial charge in [-0.15, -0.1) is 12.4 Å². The molecule has 0 atom stereocenters. The highest BCUT2D eigenvalue weighted by Gasteiger charge is 1.97. The number of aromatic nitrogens is 1. The largest absolute Gasteiger partial charge is 0.351 e. The van der Waals surface area contributed by atoms with Gasteiger partial charge in [-0.2, -0.15) is 0 Å². The zero-order chi connectivity index (χ0) is 13.1. The fraction of sp³-hybridized carbons (Fsp3) is 0.765. The van der Waals surface area contributed by atoms with Crippen LogP contribution in [0.25, 0.3) is 0 Å². The SMILES string of the molecule is CCCCCCCCCCCn1cccc1CC.Cl. The van der Waals surface area contributed by atoms with Crippen molar-refractivity contribution < 1.29 is 0 Å². The summed E-state index contributed by atoms with van der Waals surface area (Å²) in [5, 5.41) is 0. The molecule has 0 fully saturated rings. The second kappa shape index (κ2) is 12.6.